The third-order valence-electron chi connectivity index (χ3n) is 2.30. The Kier molecular flexibility index (Phi) is 4.16. The number of piperazine rings is 1. The molecule has 0 aliphatic carbocycles. The highest BCUT2D eigenvalue weighted by Crippen LogP contribution is 2.03. The highest BCUT2D eigenvalue weighted by molar-refractivity contribution is 5.66. The Hall–Kier alpha value is -0.810. The van der Waals surface area contributed by atoms with Crippen molar-refractivity contribution in [3.8, 4) is 0 Å². The van der Waals surface area contributed by atoms with Gasteiger partial charge in [-0.1, -0.05) is 0 Å². The molecule has 0 aromatic carbocycles. The number of nitrogens with zero attached hydrogens (tertiary/aromatic N) is 2. The number of ether oxygens (including phenoxy) is 1. The molecule has 1 rings (SSSR count). The summed E-state index contributed by atoms with van der Waals surface area (Å²) >= 11 is 0. The summed E-state index contributed by atoms with van der Waals surface area (Å²) in [6.07, 6.45) is -0.414. The van der Waals surface area contributed by atoms with E-state index in [1.807, 2.05) is 6.92 Å². The maximum atomic E-state index is 11.3. The molecule has 0 aromatic rings. The average Bonchev–Trinajstić information content (AvgIpc) is 2.19. The standard InChI is InChI=1S/C9H19N3O2/c1-8(14-9(13)11(2)3)12-6-4-10-5-7-12/h8,10H,4-7H2,1-3H3. The zero-order valence-electron chi connectivity index (χ0n) is 9.12. The van der Waals surface area contributed by atoms with Gasteiger partial charge in [0.2, 0.25) is 0 Å². The highest BCUT2D eigenvalue weighted by Gasteiger charge is 2.20. The van der Waals surface area contributed by atoms with Crippen LogP contribution in [-0.4, -0.2) is 62.4 Å². The SMILES string of the molecule is CC(OC(=O)N(C)C)N1CCNCC1. The van der Waals surface area contributed by atoms with Gasteiger partial charge < -0.3 is 15.0 Å². The summed E-state index contributed by atoms with van der Waals surface area (Å²) in [7, 11) is 3.37. The number of rotatable bonds is 2. The minimum absolute atomic E-state index is 0.132. The van der Waals surface area contributed by atoms with Gasteiger partial charge in [-0.2, -0.15) is 0 Å². The first-order valence-corrected chi connectivity index (χ1v) is 4.94. The van der Waals surface area contributed by atoms with Gasteiger partial charge in [-0.15, -0.1) is 0 Å². The van der Waals surface area contributed by atoms with Crippen LogP contribution in [0.4, 0.5) is 4.79 Å². The summed E-state index contributed by atoms with van der Waals surface area (Å²) in [6.45, 7) is 5.70. The van der Waals surface area contributed by atoms with Crippen LogP contribution in [-0.2, 0) is 4.74 Å². The lowest BCUT2D eigenvalue weighted by Crippen LogP contribution is -2.49. The van der Waals surface area contributed by atoms with Crippen LogP contribution in [0, 0.1) is 0 Å². The zero-order chi connectivity index (χ0) is 10.6. The second kappa shape index (κ2) is 5.17. The average molecular weight is 201 g/mol. The molecule has 1 amide bonds. The van der Waals surface area contributed by atoms with Crippen LogP contribution in [0.1, 0.15) is 6.92 Å². The Bertz CT molecular complexity index is 190. The van der Waals surface area contributed by atoms with Crippen LogP contribution in [0.3, 0.4) is 0 Å². The molecule has 1 N–H and O–H groups in total. The number of carbonyl (C=O) groups excluding carboxylic acids is 1. The van der Waals surface area contributed by atoms with Gasteiger partial charge in [0, 0.05) is 40.3 Å². The van der Waals surface area contributed by atoms with Gasteiger partial charge in [0.1, 0.15) is 0 Å². The van der Waals surface area contributed by atoms with Crippen molar-refractivity contribution in [1.82, 2.24) is 15.1 Å². The third-order valence-corrected chi connectivity index (χ3v) is 2.30. The second-order valence-corrected chi connectivity index (χ2v) is 3.66. The van der Waals surface area contributed by atoms with Crippen LogP contribution >= 0.6 is 0 Å². The first-order valence-electron chi connectivity index (χ1n) is 4.94. The fourth-order valence-corrected chi connectivity index (χ4v) is 1.37. The predicted molar refractivity (Wildman–Crippen MR) is 54.1 cm³/mol. The fraction of sp³-hybridized carbons (Fsp3) is 0.889. The number of amides is 1. The van der Waals surface area contributed by atoms with E-state index in [-0.39, 0.29) is 12.3 Å². The van der Waals surface area contributed by atoms with Crippen LogP contribution < -0.4 is 5.32 Å². The third kappa shape index (κ3) is 3.16. The van der Waals surface area contributed by atoms with Crippen LogP contribution in [0.5, 0.6) is 0 Å². The largest absolute Gasteiger partial charge is 0.430 e. The molecule has 1 fully saturated rings. The van der Waals surface area contributed by atoms with Gasteiger partial charge in [0.05, 0.1) is 0 Å². The number of hydrogen-bond acceptors (Lipinski definition) is 4. The van der Waals surface area contributed by atoms with E-state index in [0.717, 1.165) is 26.2 Å². The van der Waals surface area contributed by atoms with Gasteiger partial charge in [0.15, 0.2) is 6.23 Å². The Morgan fingerprint density at radius 1 is 1.43 bits per heavy atom. The van der Waals surface area contributed by atoms with Crippen molar-refractivity contribution >= 4 is 6.09 Å². The Morgan fingerprint density at radius 3 is 2.50 bits per heavy atom. The molecule has 0 spiro atoms. The molecule has 1 atom stereocenters. The first-order chi connectivity index (χ1) is 6.61. The van der Waals surface area contributed by atoms with Crippen LogP contribution in [0.15, 0.2) is 0 Å². The molecular weight excluding hydrogens is 182 g/mol. The summed E-state index contributed by atoms with van der Waals surface area (Å²) in [6, 6.07) is 0. The minimum atomic E-state index is -0.281. The Balaban J connectivity index is 2.32. The molecule has 0 radical (unpaired) electrons. The summed E-state index contributed by atoms with van der Waals surface area (Å²) in [5.41, 5.74) is 0. The molecule has 82 valence electrons. The van der Waals surface area contributed by atoms with Crippen molar-refractivity contribution in [1.29, 1.82) is 0 Å². The van der Waals surface area contributed by atoms with Crippen molar-refractivity contribution in [3.63, 3.8) is 0 Å². The van der Waals surface area contributed by atoms with Gasteiger partial charge in [-0.3, -0.25) is 4.90 Å². The van der Waals surface area contributed by atoms with Gasteiger partial charge in [-0.25, -0.2) is 4.79 Å². The maximum Gasteiger partial charge on any atom is 0.410 e. The summed E-state index contributed by atoms with van der Waals surface area (Å²) < 4.78 is 5.24. The molecule has 1 saturated heterocycles. The van der Waals surface area contributed by atoms with Crippen LogP contribution in [0.2, 0.25) is 0 Å². The molecule has 1 heterocycles. The number of carbonyl (C=O) groups is 1. The Labute approximate surface area is 85.0 Å². The molecule has 0 aromatic heterocycles. The van der Waals surface area contributed by atoms with E-state index in [0.29, 0.717) is 0 Å². The van der Waals surface area contributed by atoms with E-state index >= 15 is 0 Å². The zero-order valence-corrected chi connectivity index (χ0v) is 9.12. The Morgan fingerprint density at radius 2 is 2.00 bits per heavy atom. The minimum Gasteiger partial charge on any atom is -0.430 e. The molecule has 5 nitrogen and oxygen atoms in total. The molecule has 1 unspecified atom stereocenters. The van der Waals surface area contributed by atoms with E-state index < -0.39 is 0 Å². The van der Waals surface area contributed by atoms with Crippen molar-refractivity contribution in [2.75, 3.05) is 40.3 Å². The number of nitrogens with one attached hydrogen (secondary N) is 1. The molecule has 0 bridgehead atoms. The number of hydrogen-bond donors (Lipinski definition) is 1. The van der Waals surface area contributed by atoms with E-state index in [1.54, 1.807) is 14.1 Å². The predicted octanol–water partition coefficient (Wildman–Crippen LogP) is -0.0642. The first kappa shape index (κ1) is 11.3. The molecule has 0 saturated carbocycles. The lowest BCUT2D eigenvalue weighted by atomic mass is 10.3. The van der Waals surface area contributed by atoms with Crippen LogP contribution in [0.25, 0.3) is 0 Å². The molecule has 1 aliphatic rings. The van der Waals surface area contributed by atoms with Crippen molar-refractivity contribution in [2.24, 2.45) is 0 Å². The lowest BCUT2D eigenvalue weighted by Gasteiger charge is -2.32. The summed E-state index contributed by atoms with van der Waals surface area (Å²) in [5.74, 6) is 0. The smallest absolute Gasteiger partial charge is 0.410 e. The fourth-order valence-electron chi connectivity index (χ4n) is 1.37. The van der Waals surface area contributed by atoms with E-state index in [9.17, 15) is 4.79 Å². The molecule has 14 heavy (non-hydrogen) atoms. The summed E-state index contributed by atoms with van der Waals surface area (Å²) in [4.78, 5) is 14.9. The monoisotopic (exact) mass is 201 g/mol. The van der Waals surface area contributed by atoms with Crippen molar-refractivity contribution in [2.45, 2.75) is 13.2 Å². The lowest BCUT2D eigenvalue weighted by molar-refractivity contribution is -0.0173. The molecule has 5 heteroatoms. The van der Waals surface area contributed by atoms with E-state index in [1.165, 1.54) is 4.90 Å². The highest BCUT2D eigenvalue weighted by atomic mass is 16.6. The quantitative estimate of drug-likeness (QED) is 0.679. The van der Waals surface area contributed by atoms with E-state index in [2.05, 4.69) is 10.2 Å². The topological polar surface area (TPSA) is 44.8 Å². The molecule has 1 aliphatic heterocycles. The second-order valence-electron chi connectivity index (χ2n) is 3.66. The summed E-state index contributed by atoms with van der Waals surface area (Å²) in [5, 5.41) is 3.25. The van der Waals surface area contributed by atoms with E-state index in [4.69, 9.17) is 4.74 Å². The van der Waals surface area contributed by atoms with Gasteiger partial charge in [-0.05, 0) is 6.92 Å². The van der Waals surface area contributed by atoms with Crippen molar-refractivity contribution in [3.05, 3.63) is 0 Å². The normalized spacial score (nSPS) is 20.2. The van der Waals surface area contributed by atoms with Gasteiger partial charge >= 0.3 is 6.09 Å². The van der Waals surface area contributed by atoms with Crippen molar-refractivity contribution < 1.29 is 9.53 Å². The maximum absolute atomic E-state index is 11.3. The van der Waals surface area contributed by atoms with Gasteiger partial charge in [0.25, 0.3) is 0 Å². The molecular formula is C9H19N3O2.